The summed E-state index contributed by atoms with van der Waals surface area (Å²) >= 11 is 0. The van der Waals surface area contributed by atoms with Crippen LogP contribution in [0, 0.1) is 5.82 Å². The van der Waals surface area contributed by atoms with Crippen LogP contribution in [-0.4, -0.2) is 13.4 Å². The molecule has 1 aromatic heterocycles. The van der Waals surface area contributed by atoms with Crippen molar-refractivity contribution in [2.45, 2.75) is 11.4 Å². The van der Waals surface area contributed by atoms with Crippen molar-refractivity contribution in [2.75, 3.05) is 5.73 Å². The molecule has 0 spiro atoms. The fourth-order valence-electron chi connectivity index (χ4n) is 1.49. The largest absolute Gasteiger partial charge is 0.398 e. The highest BCUT2D eigenvalue weighted by Crippen LogP contribution is 2.19. The topological polar surface area (TPSA) is 85.1 Å². The highest BCUT2D eigenvalue weighted by Gasteiger charge is 2.18. The molecule has 0 amide bonds. The third-order valence-electron chi connectivity index (χ3n) is 2.43. The van der Waals surface area contributed by atoms with Crippen molar-refractivity contribution in [1.29, 1.82) is 0 Å². The van der Waals surface area contributed by atoms with Gasteiger partial charge < -0.3 is 5.73 Å². The average molecular weight is 281 g/mol. The quantitative estimate of drug-likeness (QED) is 0.827. The first-order valence-electron chi connectivity index (χ1n) is 5.43. The summed E-state index contributed by atoms with van der Waals surface area (Å²) in [4.78, 5) is 3.71. The number of sulfonamides is 1. The van der Waals surface area contributed by atoms with Gasteiger partial charge in [0.05, 0.1) is 17.9 Å². The van der Waals surface area contributed by atoms with Crippen LogP contribution in [0.25, 0.3) is 0 Å². The third kappa shape index (κ3) is 3.27. The monoisotopic (exact) mass is 281 g/mol. The summed E-state index contributed by atoms with van der Waals surface area (Å²) in [6, 6.07) is 8.35. The second-order valence-corrected chi connectivity index (χ2v) is 5.56. The molecule has 0 unspecified atom stereocenters. The van der Waals surface area contributed by atoms with Crippen LogP contribution < -0.4 is 10.5 Å². The number of nitrogen functional groups attached to an aromatic ring is 1. The van der Waals surface area contributed by atoms with Crippen molar-refractivity contribution in [2.24, 2.45) is 0 Å². The summed E-state index contributed by atoms with van der Waals surface area (Å²) in [5, 5.41) is 0. The van der Waals surface area contributed by atoms with Crippen LogP contribution >= 0.6 is 0 Å². The van der Waals surface area contributed by atoms with Gasteiger partial charge in [-0.2, -0.15) is 0 Å². The normalized spacial score (nSPS) is 11.4. The molecule has 0 aliphatic carbocycles. The number of hydrogen-bond acceptors (Lipinski definition) is 4. The highest BCUT2D eigenvalue weighted by atomic mass is 32.2. The van der Waals surface area contributed by atoms with E-state index in [0.717, 1.165) is 12.1 Å². The molecule has 100 valence electrons. The van der Waals surface area contributed by atoms with Gasteiger partial charge in [0.1, 0.15) is 10.7 Å². The van der Waals surface area contributed by atoms with E-state index in [9.17, 15) is 12.8 Å². The molecule has 7 heteroatoms. The van der Waals surface area contributed by atoms with Gasteiger partial charge in [-0.1, -0.05) is 6.07 Å². The maximum absolute atomic E-state index is 13.1. The molecule has 3 N–H and O–H groups in total. The van der Waals surface area contributed by atoms with E-state index in [1.807, 2.05) is 0 Å². The number of hydrogen-bond donors (Lipinski definition) is 2. The van der Waals surface area contributed by atoms with Crippen LogP contribution in [0.1, 0.15) is 5.69 Å². The molecule has 19 heavy (non-hydrogen) atoms. The minimum Gasteiger partial charge on any atom is -0.398 e. The molecule has 2 aromatic rings. The molecule has 0 saturated carbocycles. The zero-order valence-corrected chi connectivity index (χ0v) is 10.7. The number of aromatic nitrogens is 1. The smallest absolute Gasteiger partial charge is 0.243 e. The predicted molar refractivity (Wildman–Crippen MR) is 69.1 cm³/mol. The number of anilines is 1. The molecule has 1 aromatic carbocycles. The van der Waals surface area contributed by atoms with Gasteiger partial charge in [-0.3, -0.25) is 4.98 Å². The summed E-state index contributed by atoms with van der Waals surface area (Å²) in [6.45, 7) is 0.0130. The average Bonchev–Trinajstić information content (AvgIpc) is 2.40. The summed E-state index contributed by atoms with van der Waals surface area (Å²) in [5.41, 5.74) is 6.09. The van der Waals surface area contributed by atoms with E-state index in [4.69, 9.17) is 5.73 Å². The number of halogens is 1. The molecule has 0 atom stereocenters. The van der Waals surface area contributed by atoms with E-state index in [0.29, 0.717) is 5.69 Å². The Kier molecular flexibility index (Phi) is 3.77. The van der Waals surface area contributed by atoms with Crippen LogP contribution in [0.4, 0.5) is 10.1 Å². The molecule has 0 aliphatic heterocycles. The molecule has 2 rings (SSSR count). The van der Waals surface area contributed by atoms with E-state index >= 15 is 0 Å². The second kappa shape index (κ2) is 5.33. The lowest BCUT2D eigenvalue weighted by Gasteiger charge is -2.08. The maximum atomic E-state index is 13.1. The zero-order valence-electron chi connectivity index (χ0n) is 9.88. The predicted octanol–water partition coefficient (Wildman–Crippen LogP) is 1.28. The van der Waals surface area contributed by atoms with Crippen molar-refractivity contribution in [1.82, 2.24) is 9.71 Å². The SMILES string of the molecule is Nc1ccc(F)cc1S(=O)(=O)NCc1ccccn1. The third-order valence-corrected chi connectivity index (χ3v) is 3.89. The van der Waals surface area contributed by atoms with Crippen LogP contribution in [0.5, 0.6) is 0 Å². The van der Waals surface area contributed by atoms with Gasteiger partial charge >= 0.3 is 0 Å². The Bertz CT molecular complexity index is 675. The molecule has 0 radical (unpaired) electrons. The van der Waals surface area contributed by atoms with Gasteiger partial charge in [-0.15, -0.1) is 0 Å². The van der Waals surface area contributed by atoms with Crippen molar-refractivity contribution in [3.63, 3.8) is 0 Å². The molecule has 5 nitrogen and oxygen atoms in total. The fourth-order valence-corrected chi connectivity index (χ4v) is 2.63. The lowest BCUT2D eigenvalue weighted by atomic mass is 10.3. The van der Waals surface area contributed by atoms with E-state index in [1.165, 1.54) is 6.07 Å². The zero-order chi connectivity index (χ0) is 13.9. The van der Waals surface area contributed by atoms with Gasteiger partial charge in [0.2, 0.25) is 10.0 Å². The standard InChI is InChI=1S/C12H12FN3O2S/c13-9-4-5-11(14)12(7-9)19(17,18)16-8-10-3-1-2-6-15-10/h1-7,16H,8,14H2. The minimum absolute atomic E-state index is 0.00470. The Morgan fingerprint density at radius 3 is 2.74 bits per heavy atom. The molecular weight excluding hydrogens is 269 g/mol. The number of rotatable bonds is 4. The lowest BCUT2D eigenvalue weighted by molar-refractivity contribution is 0.577. The van der Waals surface area contributed by atoms with Crippen molar-refractivity contribution in [3.8, 4) is 0 Å². The first-order valence-corrected chi connectivity index (χ1v) is 6.92. The van der Waals surface area contributed by atoms with Crippen LogP contribution in [0.3, 0.4) is 0 Å². The van der Waals surface area contributed by atoms with Gasteiger partial charge in [-0.25, -0.2) is 17.5 Å². The first kappa shape index (κ1) is 13.4. The summed E-state index contributed by atoms with van der Waals surface area (Å²) in [6.07, 6.45) is 1.56. The second-order valence-electron chi connectivity index (χ2n) is 3.83. The van der Waals surface area contributed by atoms with Gasteiger partial charge in [-0.05, 0) is 30.3 Å². The number of benzene rings is 1. The van der Waals surface area contributed by atoms with E-state index in [2.05, 4.69) is 9.71 Å². The van der Waals surface area contributed by atoms with Crippen LogP contribution in [0.2, 0.25) is 0 Å². The molecular formula is C12H12FN3O2S. The Morgan fingerprint density at radius 2 is 2.05 bits per heavy atom. The molecule has 0 fully saturated rings. The van der Waals surface area contributed by atoms with Gasteiger partial charge in [0.25, 0.3) is 0 Å². The molecule has 1 heterocycles. The van der Waals surface area contributed by atoms with Crippen molar-refractivity contribution >= 4 is 15.7 Å². The fraction of sp³-hybridized carbons (Fsp3) is 0.0833. The van der Waals surface area contributed by atoms with E-state index in [-0.39, 0.29) is 17.1 Å². The van der Waals surface area contributed by atoms with Crippen molar-refractivity contribution < 1.29 is 12.8 Å². The Labute approximate surface area is 110 Å². The van der Waals surface area contributed by atoms with Gasteiger partial charge in [0, 0.05) is 6.20 Å². The van der Waals surface area contributed by atoms with Crippen LogP contribution in [0.15, 0.2) is 47.5 Å². The Balaban J connectivity index is 2.21. The summed E-state index contributed by atoms with van der Waals surface area (Å²) in [7, 11) is -3.87. The molecule has 0 aliphatic rings. The highest BCUT2D eigenvalue weighted by molar-refractivity contribution is 7.89. The summed E-state index contributed by atoms with van der Waals surface area (Å²) < 4.78 is 39.4. The number of pyridine rings is 1. The number of nitrogens with one attached hydrogen (secondary N) is 1. The number of nitrogens with zero attached hydrogens (tertiary/aromatic N) is 1. The Morgan fingerprint density at radius 1 is 1.26 bits per heavy atom. The van der Waals surface area contributed by atoms with Crippen LogP contribution in [-0.2, 0) is 16.6 Å². The van der Waals surface area contributed by atoms with Gasteiger partial charge in [0.15, 0.2) is 0 Å². The lowest BCUT2D eigenvalue weighted by Crippen LogP contribution is -2.24. The van der Waals surface area contributed by atoms with Crippen molar-refractivity contribution in [3.05, 3.63) is 54.1 Å². The van der Waals surface area contributed by atoms with E-state index in [1.54, 1.807) is 24.4 Å². The molecule has 0 saturated heterocycles. The Hall–Kier alpha value is -1.99. The first-order chi connectivity index (χ1) is 8.99. The minimum atomic E-state index is -3.87. The number of nitrogens with two attached hydrogens (primary N) is 1. The maximum Gasteiger partial charge on any atom is 0.243 e. The molecule has 0 bridgehead atoms. The van der Waals surface area contributed by atoms with E-state index < -0.39 is 15.8 Å². The summed E-state index contributed by atoms with van der Waals surface area (Å²) in [5.74, 6) is -0.660.